The zero-order chi connectivity index (χ0) is 21.6. The SMILES string of the molecule is COc1cc(C2C3C(=O)N(c4ccc(Br)cc4)C(=O)C3ON2CC(N)=O)ccc1O. The van der Waals surface area contributed by atoms with Gasteiger partial charge in [0, 0.05) is 4.47 Å². The minimum absolute atomic E-state index is 0.0801. The lowest BCUT2D eigenvalue weighted by atomic mass is 9.90. The topological polar surface area (TPSA) is 122 Å². The number of nitrogens with two attached hydrogens (primary N) is 1. The van der Waals surface area contributed by atoms with E-state index in [4.69, 9.17) is 15.3 Å². The molecule has 3 unspecified atom stereocenters. The fraction of sp³-hybridized carbons (Fsp3) is 0.250. The molecular weight excluding hydrogens is 458 g/mol. The third-order valence-corrected chi connectivity index (χ3v) is 5.67. The van der Waals surface area contributed by atoms with E-state index in [9.17, 15) is 19.5 Å². The van der Waals surface area contributed by atoms with Gasteiger partial charge in [-0.1, -0.05) is 22.0 Å². The highest BCUT2D eigenvalue weighted by Gasteiger charge is 2.60. The molecule has 2 fully saturated rings. The minimum Gasteiger partial charge on any atom is -0.504 e. The number of hydrogen-bond donors (Lipinski definition) is 2. The van der Waals surface area contributed by atoms with Crippen molar-refractivity contribution in [2.24, 2.45) is 11.7 Å². The number of benzene rings is 2. The van der Waals surface area contributed by atoms with Crippen LogP contribution in [0.3, 0.4) is 0 Å². The average molecular weight is 476 g/mol. The maximum atomic E-state index is 13.3. The Kier molecular flexibility index (Phi) is 5.22. The lowest BCUT2D eigenvalue weighted by Gasteiger charge is -2.26. The van der Waals surface area contributed by atoms with E-state index in [1.807, 2.05) is 0 Å². The fourth-order valence-electron chi connectivity index (χ4n) is 3.86. The molecule has 2 saturated heterocycles. The van der Waals surface area contributed by atoms with Crippen LogP contribution in [0.2, 0.25) is 0 Å². The van der Waals surface area contributed by atoms with Crippen LogP contribution in [-0.4, -0.2) is 47.6 Å². The van der Waals surface area contributed by atoms with Gasteiger partial charge in [0.25, 0.3) is 5.91 Å². The lowest BCUT2D eigenvalue weighted by Crippen LogP contribution is -2.40. The van der Waals surface area contributed by atoms with E-state index < -0.39 is 35.8 Å². The van der Waals surface area contributed by atoms with E-state index in [1.165, 1.54) is 18.2 Å². The number of carbonyl (C=O) groups excluding carboxylic acids is 3. The number of rotatable bonds is 5. The number of primary amides is 1. The molecule has 0 aromatic heterocycles. The number of hydrogen-bond acceptors (Lipinski definition) is 7. The molecule has 4 rings (SSSR count). The number of amides is 3. The van der Waals surface area contributed by atoms with Crippen LogP contribution < -0.4 is 15.4 Å². The largest absolute Gasteiger partial charge is 0.504 e. The number of methoxy groups -OCH3 is 1. The standard InChI is InChI=1S/C20H18BrN3O6/c1-29-14-8-10(2-7-13(14)25)17-16-18(30-23(17)9-15(22)26)20(28)24(19(16)27)12-5-3-11(21)4-6-12/h2-8,16-18,25H,9H2,1H3,(H2,22,26). The molecule has 3 atom stereocenters. The second kappa shape index (κ2) is 7.71. The van der Waals surface area contributed by atoms with Gasteiger partial charge in [-0.25, -0.2) is 4.90 Å². The van der Waals surface area contributed by atoms with E-state index in [-0.39, 0.29) is 18.0 Å². The average Bonchev–Trinajstić information content (AvgIpc) is 3.18. The van der Waals surface area contributed by atoms with Gasteiger partial charge in [0.2, 0.25) is 11.8 Å². The zero-order valence-electron chi connectivity index (χ0n) is 15.8. The Morgan fingerprint density at radius 2 is 1.90 bits per heavy atom. The monoisotopic (exact) mass is 475 g/mol. The molecular formula is C20H18BrN3O6. The number of phenols is 1. The van der Waals surface area contributed by atoms with Gasteiger partial charge in [0.15, 0.2) is 17.6 Å². The molecule has 2 aromatic rings. The summed E-state index contributed by atoms with van der Waals surface area (Å²) in [5, 5.41) is 11.2. The third-order valence-electron chi connectivity index (χ3n) is 5.14. The minimum atomic E-state index is -1.09. The molecule has 0 aliphatic carbocycles. The summed E-state index contributed by atoms with van der Waals surface area (Å²) < 4.78 is 5.96. The summed E-state index contributed by atoms with van der Waals surface area (Å²) in [6, 6.07) is 10.5. The van der Waals surface area contributed by atoms with Gasteiger partial charge in [0.05, 0.1) is 24.8 Å². The Hall–Kier alpha value is -2.95. The van der Waals surface area contributed by atoms with Gasteiger partial charge in [-0.2, -0.15) is 5.06 Å². The van der Waals surface area contributed by atoms with Crippen LogP contribution in [0.1, 0.15) is 11.6 Å². The van der Waals surface area contributed by atoms with Crippen molar-refractivity contribution in [3.8, 4) is 11.5 Å². The first kappa shape index (κ1) is 20.3. The molecule has 9 nitrogen and oxygen atoms in total. The highest BCUT2D eigenvalue weighted by molar-refractivity contribution is 9.10. The molecule has 0 bridgehead atoms. The quantitative estimate of drug-likeness (QED) is 0.628. The molecule has 2 aromatic carbocycles. The molecule has 0 radical (unpaired) electrons. The Morgan fingerprint density at radius 1 is 1.20 bits per heavy atom. The Labute approximate surface area is 180 Å². The fourth-order valence-corrected chi connectivity index (χ4v) is 4.12. The molecule has 0 saturated carbocycles. The predicted molar refractivity (Wildman–Crippen MR) is 108 cm³/mol. The number of anilines is 1. The van der Waals surface area contributed by atoms with Gasteiger partial charge in [0.1, 0.15) is 6.54 Å². The molecule has 3 amide bonds. The van der Waals surface area contributed by atoms with Crippen molar-refractivity contribution in [3.63, 3.8) is 0 Å². The Bertz CT molecular complexity index is 1030. The summed E-state index contributed by atoms with van der Waals surface area (Å²) in [5.74, 6) is -2.42. The smallest absolute Gasteiger partial charge is 0.265 e. The summed E-state index contributed by atoms with van der Waals surface area (Å²) in [4.78, 5) is 44.7. The third kappa shape index (κ3) is 3.32. The number of carbonyl (C=O) groups is 3. The highest BCUT2D eigenvalue weighted by Crippen LogP contribution is 2.46. The van der Waals surface area contributed by atoms with Crippen molar-refractivity contribution in [1.82, 2.24) is 5.06 Å². The Balaban J connectivity index is 1.75. The van der Waals surface area contributed by atoms with E-state index in [1.54, 1.807) is 36.4 Å². The molecule has 0 spiro atoms. The van der Waals surface area contributed by atoms with Crippen molar-refractivity contribution in [3.05, 3.63) is 52.5 Å². The molecule has 10 heteroatoms. The van der Waals surface area contributed by atoms with Gasteiger partial charge in [-0.15, -0.1) is 0 Å². The second-order valence-electron chi connectivity index (χ2n) is 6.96. The molecule has 2 aliphatic rings. The molecule has 30 heavy (non-hydrogen) atoms. The predicted octanol–water partition coefficient (Wildman–Crippen LogP) is 1.50. The van der Waals surface area contributed by atoms with Gasteiger partial charge in [-0.3, -0.25) is 19.2 Å². The number of fused-ring (bicyclic) bond motifs is 1. The van der Waals surface area contributed by atoms with Crippen LogP contribution in [0.5, 0.6) is 11.5 Å². The van der Waals surface area contributed by atoms with Crippen molar-refractivity contribution in [2.75, 3.05) is 18.6 Å². The van der Waals surface area contributed by atoms with Gasteiger partial charge >= 0.3 is 0 Å². The first-order valence-electron chi connectivity index (χ1n) is 9.04. The van der Waals surface area contributed by atoms with Crippen LogP contribution in [0.4, 0.5) is 5.69 Å². The Morgan fingerprint density at radius 3 is 2.53 bits per heavy atom. The summed E-state index contributed by atoms with van der Waals surface area (Å²) in [6.07, 6.45) is -1.09. The van der Waals surface area contributed by atoms with Gasteiger partial charge < -0.3 is 15.6 Å². The first-order chi connectivity index (χ1) is 14.3. The number of halogens is 1. The van der Waals surface area contributed by atoms with Crippen molar-refractivity contribution < 1.29 is 29.1 Å². The maximum Gasteiger partial charge on any atom is 0.265 e. The van der Waals surface area contributed by atoms with E-state index in [0.29, 0.717) is 11.3 Å². The molecule has 3 N–H and O–H groups in total. The maximum absolute atomic E-state index is 13.3. The molecule has 156 valence electrons. The van der Waals surface area contributed by atoms with E-state index >= 15 is 0 Å². The van der Waals surface area contributed by atoms with Crippen LogP contribution in [-0.2, 0) is 19.2 Å². The van der Waals surface area contributed by atoms with Crippen molar-refractivity contribution in [1.29, 1.82) is 0 Å². The van der Waals surface area contributed by atoms with Crippen LogP contribution in [0.25, 0.3) is 0 Å². The summed E-state index contributed by atoms with van der Waals surface area (Å²) in [7, 11) is 1.40. The summed E-state index contributed by atoms with van der Waals surface area (Å²) >= 11 is 3.33. The summed E-state index contributed by atoms with van der Waals surface area (Å²) in [6.45, 7) is -0.306. The zero-order valence-corrected chi connectivity index (χ0v) is 17.4. The number of nitrogens with zero attached hydrogens (tertiary/aromatic N) is 2. The normalized spacial score (nSPS) is 23.7. The molecule has 2 aliphatic heterocycles. The molecule has 2 heterocycles. The van der Waals surface area contributed by atoms with Gasteiger partial charge in [-0.05, 0) is 42.0 Å². The highest BCUT2D eigenvalue weighted by atomic mass is 79.9. The van der Waals surface area contributed by atoms with Crippen LogP contribution in [0, 0.1) is 5.92 Å². The van der Waals surface area contributed by atoms with Crippen molar-refractivity contribution in [2.45, 2.75) is 12.1 Å². The van der Waals surface area contributed by atoms with Crippen LogP contribution in [0.15, 0.2) is 46.9 Å². The number of imide groups is 1. The van der Waals surface area contributed by atoms with E-state index in [2.05, 4.69) is 15.9 Å². The lowest BCUT2D eigenvalue weighted by molar-refractivity contribution is -0.175. The van der Waals surface area contributed by atoms with Crippen molar-refractivity contribution >= 4 is 39.3 Å². The summed E-state index contributed by atoms with van der Waals surface area (Å²) in [5.41, 5.74) is 6.30. The van der Waals surface area contributed by atoms with Crippen LogP contribution >= 0.6 is 15.9 Å². The van der Waals surface area contributed by atoms with E-state index in [0.717, 1.165) is 9.37 Å². The first-order valence-corrected chi connectivity index (χ1v) is 9.83. The second-order valence-corrected chi connectivity index (χ2v) is 7.87. The number of hydroxylamine groups is 2. The number of ether oxygens (including phenoxy) is 1. The number of aromatic hydroxyl groups is 1. The number of phenolic OH excluding ortho intramolecular Hbond substituents is 1.